The summed E-state index contributed by atoms with van der Waals surface area (Å²) in [5.74, 6) is -1.68. The Morgan fingerprint density at radius 2 is 1.88 bits per heavy atom. The maximum atomic E-state index is 12.0. The third kappa shape index (κ3) is 5.19. The van der Waals surface area contributed by atoms with Gasteiger partial charge in [0.15, 0.2) is 0 Å². The number of nitrogens with zero attached hydrogens (tertiary/aromatic N) is 2. The van der Waals surface area contributed by atoms with E-state index in [9.17, 15) is 14.4 Å². The lowest BCUT2D eigenvalue weighted by atomic mass is 10.2. The molecule has 0 aromatic heterocycles. The van der Waals surface area contributed by atoms with Gasteiger partial charge in [-0.3, -0.25) is 14.4 Å². The van der Waals surface area contributed by atoms with Crippen LogP contribution >= 0.6 is 0 Å². The van der Waals surface area contributed by atoms with Gasteiger partial charge in [-0.1, -0.05) is 12.1 Å². The molecule has 24 heavy (non-hydrogen) atoms. The number of aryl methyl sites for hydroxylation is 1. The Hall–Kier alpha value is -2.70. The van der Waals surface area contributed by atoms with E-state index in [1.54, 1.807) is 30.0 Å². The highest BCUT2D eigenvalue weighted by atomic mass is 16.2. The molecule has 1 aliphatic heterocycles. The summed E-state index contributed by atoms with van der Waals surface area (Å²) in [6.45, 7) is 5.09. The monoisotopic (exact) mass is 330 g/mol. The molecule has 7 nitrogen and oxygen atoms in total. The van der Waals surface area contributed by atoms with E-state index in [4.69, 9.17) is 0 Å². The molecule has 1 aromatic carbocycles. The minimum Gasteiger partial charge on any atom is -0.342 e. The minimum absolute atomic E-state index is 0.00721. The summed E-state index contributed by atoms with van der Waals surface area (Å²) >= 11 is 0. The van der Waals surface area contributed by atoms with Crippen molar-refractivity contribution >= 4 is 29.1 Å². The SMILES string of the molecule is C/C(CC(=O)N1CCCC1)=N\NC(=O)C(=O)Nc1cccc(C)c1. The average Bonchev–Trinajstić information content (AvgIpc) is 3.07. The van der Waals surface area contributed by atoms with Crippen LogP contribution in [0, 0.1) is 6.92 Å². The molecule has 0 bridgehead atoms. The molecule has 0 radical (unpaired) electrons. The van der Waals surface area contributed by atoms with E-state index in [0.29, 0.717) is 11.4 Å². The molecule has 3 amide bonds. The predicted octanol–water partition coefficient (Wildman–Crippen LogP) is 1.44. The van der Waals surface area contributed by atoms with Crippen LogP contribution in [0.2, 0.25) is 0 Å². The van der Waals surface area contributed by atoms with Gasteiger partial charge in [0.1, 0.15) is 0 Å². The summed E-state index contributed by atoms with van der Waals surface area (Å²) in [6, 6.07) is 7.13. The van der Waals surface area contributed by atoms with Gasteiger partial charge in [-0.2, -0.15) is 5.10 Å². The fourth-order valence-electron chi connectivity index (χ4n) is 2.44. The van der Waals surface area contributed by atoms with Gasteiger partial charge < -0.3 is 10.2 Å². The van der Waals surface area contributed by atoms with E-state index in [1.165, 1.54) is 0 Å². The summed E-state index contributed by atoms with van der Waals surface area (Å²) in [7, 11) is 0. The first-order chi connectivity index (χ1) is 11.5. The fourth-order valence-corrected chi connectivity index (χ4v) is 2.44. The number of hydrogen-bond acceptors (Lipinski definition) is 4. The summed E-state index contributed by atoms with van der Waals surface area (Å²) in [6.07, 6.45) is 2.19. The van der Waals surface area contributed by atoms with Gasteiger partial charge in [0.05, 0.1) is 6.42 Å². The van der Waals surface area contributed by atoms with Crippen LogP contribution in [0.25, 0.3) is 0 Å². The molecule has 128 valence electrons. The highest BCUT2D eigenvalue weighted by molar-refractivity contribution is 6.39. The van der Waals surface area contributed by atoms with Gasteiger partial charge in [-0.25, -0.2) is 5.43 Å². The Balaban J connectivity index is 1.82. The number of carbonyl (C=O) groups excluding carboxylic acids is 3. The molecule has 1 saturated heterocycles. The minimum atomic E-state index is -0.871. The lowest BCUT2D eigenvalue weighted by Crippen LogP contribution is -2.33. The molecule has 2 rings (SSSR count). The van der Waals surface area contributed by atoms with Crippen molar-refractivity contribution in [2.75, 3.05) is 18.4 Å². The van der Waals surface area contributed by atoms with Gasteiger partial charge in [0.2, 0.25) is 5.91 Å². The van der Waals surface area contributed by atoms with E-state index >= 15 is 0 Å². The van der Waals surface area contributed by atoms with Gasteiger partial charge in [0, 0.05) is 24.5 Å². The van der Waals surface area contributed by atoms with Crippen LogP contribution in [0.15, 0.2) is 29.4 Å². The molecule has 0 atom stereocenters. The van der Waals surface area contributed by atoms with Crippen molar-refractivity contribution in [1.82, 2.24) is 10.3 Å². The van der Waals surface area contributed by atoms with Crippen molar-refractivity contribution in [3.63, 3.8) is 0 Å². The molecule has 0 unspecified atom stereocenters. The van der Waals surface area contributed by atoms with Crippen molar-refractivity contribution in [2.24, 2.45) is 5.10 Å². The van der Waals surface area contributed by atoms with Crippen LogP contribution < -0.4 is 10.7 Å². The first-order valence-electron chi connectivity index (χ1n) is 7.94. The van der Waals surface area contributed by atoms with Crippen LogP contribution in [0.1, 0.15) is 31.7 Å². The highest BCUT2D eigenvalue weighted by Gasteiger charge is 2.18. The van der Waals surface area contributed by atoms with E-state index < -0.39 is 11.8 Å². The Morgan fingerprint density at radius 1 is 1.17 bits per heavy atom. The van der Waals surface area contributed by atoms with Crippen molar-refractivity contribution in [1.29, 1.82) is 0 Å². The standard InChI is InChI=1S/C17H22N4O3/c1-12-6-5-7-14(10-12)18-16(23)17(24)20-19-13(2)11-15(22)21-8-3-4-9-21/h5-7,10H,3-4,8-9,11H2,1-2H3,(H,18,23)(H,20,24)/b19-13+. The van der Waals surface area contributed by atoms with Crippen molar-refractivity contribution in [3.05, 3.63) is 29.8 Å². The van der Waals surface area contributed by atoms with E-state index in [1.807, 2.05) is 13.0 Å². The molecule has 0 saturated carbocycles. The Kier molecular flexibility index (Phi) is 6.06. The number of likely N-dealkylation sites (tertiary alicyclic amines) is 1. The average molecular weight is 330 g/mol. The zero-order valence-electron chi connectivity index (χ0n) is 14.0. The molecule has 1 fully saturated rings. The third-order valence-electron chi connectivity index (χ3n) is 3.70. The number of benzene rings is 1. The van der Waals surface area contributed by atoms with Crippen LogP contribution in [-0.4, -0.2) is 41.4 Å². The van der Waals surface area contributed by atoms with Crippen LogP contribution in [0.4, 0.5) is 5.69 Å². The maximum Gasteiger partial charge on any atom is 0.329 e. The topological polar surface area (TPSA) is 90.9 Å². The van der Waals surface area contributed by atoms with Gasteiger partial charge in [0.25, 0.3) is 0 Å². The second-order valence-electron chi connectivity index (χ2n) is 5.88. The van der Waals surface area contributed by atoms with E-state index in [0.717, 1.165) is 31.5 Å². The first-order valence-corrected chi connectivity index (χ1v) is 7.94. The second kappa shape index (κ2) is 8.24. The van der Waals surface area contributed by atoms with Gasteiger partial charge >= 0.3 is 11.8 Å². The predicted molar refractivity (Wildman–Crippen MR) is 91.5 cm³/mol. The molecular formula is C17H22N4O3. The molecular weight excluding hydrogens is 308 g/mol. The zero-order chi connectivity index (χ0) is 17.5. The quantitative estimate of drug-likeness (QED) is 0.497. The van der Waals surface area contributed by atoms with Crippen LogP contribution in [-0.2, 0) is 14.4 Å². The lowest BCUT2D eigenvalue weighted by molar-refractivity contribution is -0.136. The molecule has 0 aliphatic carbocycles. The fraction of sp³-hybridized carbons (Fsp3) is 0.412. The number of hydrogen-bond donors (Lipinski definition) is 2. The normalized spacial score (nSPS) is 14.4. The van der Waals surface area contributed by atoms with Crippen LogP contribution in [0.5, 0.6) is 0 Å². The number of hydrazone groups is 1. The second-order valence-corrected chi connectivity index (χ2v) is 5.88. The summed E-state index contributed by atoms with van der Waals surface area (Å²) in [5.41, 5.74) is 4.16. The molecule has 0 spiro atoms. The smallest absolute Gasteiger partial charge is 0.329 e. The lowest BCUT2D eigenvalue weighted by Gasteiger charge is -2.14. The first kappa shape index (κ1) is 17.7. The number of anilines is 1. The largest absolute Gasteiger partial charge is 0.342 e. The number of nitrogens with one attached hydrogen (secondary N) is 2. The molecule has 1 aromatic rings. The molecule has 7 heteroatoms. The van der Waals surface area contributed by atoms with Crippen molar-refractivity contribution < 1.29 is 14.4 Å². The molecule has 1 aliphatic rings. The number of rotatable bonds is 4. The van der Waals surface area contributed by atoms with E-state index in [2.05, 4.69) is 15.8 Å². The van der Waals surface area contributed by atoms with Crippen molar-refractivity contribution in [2.45, 2.75) is 33.1 Å². The van der Waals surface area contributed by atoms with Gasteiger partial charge in [-0.15, -0.1) is 0 Å². The van der Waals surface area contributed by atoms with Crippen LogP contribution in [0.3, 0.4) is 0 Å². The van der Waals surface area contributed by atoms with Gasteiger partial charge in [-0.05, 0) is 44.4 Å². The summed E-state index contributed by atoms with van der Waals surface area (Å²) < 4.78 is 0. The van der Waals surface area contributed by atoms with Crippen molar-refractivity contribution in [3.8, 4) is 0 Å². The summed E-state index contributed by atoms with van der Waals surface area (Å²) in [4.78, 5) is 37.3. The summed E-state index contributed by atoms with van der Waals surface area (Å²) in [5, 5.41) is 6.32. The number of carbonyl (C=O) groups is 3. The zero-order valence-corrected chi connectivity index (χ0v) is 14.0. The Labute approximate surface area is 141 Å². The third-order valence-corrected chi connectivity index (χ3v) is 3.70. The Morgan fingerprint density at radius 3 is 2.54 bits per heavy atom. The Bertz CT molecular complexity index is 664. The molecule has 1 heterocycles. The highest BCUT2D eigenvalue weighted by Crippen LogP contribution is 2.10. The molecule has 2 N–H and O–H groups in total. The maximum absolute atomic E-state index is 12.0. The number of amides is 3. The van der Waals surface area contributed by atoms with E-state index in [-0.39, 0.29) is 12.3 Å².